The van der Waals surface area contributed by atoms with Gasteiger partial charge in [-0.25, -0.2) is 0 Å². The minimum absolute atomic E-state index is 0.105. The van der Waals surface area contributed by atoms with E-state index in [1.165, 1.54) is 12.8 Å². The van der Waals surface area contributed by atoms with Crippen molar-refractivity contribution < 1.29 is 13.7 Å². The third kappa shape index (κ3) is 2.17. The van der Waals surface area contributed by atoms with Gasteiger partial charge in [0, 0.05) is 12.1 Å². The molecule has 1 N–H and O–H groups in total. The third-order valence-electron chi connectivity index (χ3n) is 4.64. The summed E-state index contributed by atoms with van der Waals surface area (Å²) in [6.07, 6.45) is 7.90. The summed E-state index contributed by atoms with van der Waals surface area (Å²) in [6, 6.07) is 5.80. The van der Waals surface area contributed by atoms with Gasteiger partial charge in [0.1, 0.15) is 0 Å². The predicted molar refractivity (Wildman–Crippen MR) is 75.5 cm³/mol. The molecule has 5 nitrogen and oxygen atoms in total. The van der Waals surface area contributed by atoms with Gasteiger partial charge in [0.25, 0.3) is 0 Å². The number of rotatable bonds is 4. The van der Waals surface area contributed by atoms with Crippen LogP contribution in [0.25, 0.3) is 11.5 Å². The van der Waals surface area contributed by atoms with Crippen LogP contribution in [0.2, 0.25) is 0 Å². The maximum Gasteiger partial charge on any atom is 0.232 e. The number of amides is 1. The van der Waals surface area contributed by atoms with E-state index < -0.39 is 5.41 Å². The van der Waals surface area contributed by atoms with E-state index in [-0.39, 0.29) is 5.91 Å². The molecule has 0 radical (unpaired) electrons. The molecular formula is C16H18N2O3. The zero-order valence-electron chi connectivity index (χ0n) is 11.8. The van der Waals surface area contributed by atoms with Crippen molar-refractivity contribution in [2.24, 2.45) is 0 Å². The van der Waals surface area contributed by atoms with Gasteiger partial charge in [0.2, 0.25) is 11.7 Å². The maximum atomic E-state index is 12.6. The van der Waals surface area contributed by atoms with Gasteiger partial charge in [0.05, 0.1) is 17.4 Å². The van der Waals surface area contributed by atoms with E-state index in [0.717, 1.165) is 31.4 Å². The second-order valence-electron chi connectivity index (χ2n) is 6.09. The number of carbonyl (C=O) groups is 1. The van der Waals surface area contributed by atoms with Crippen molar-refractivity contribution in [2.45, 2.75) is 50.0 Å². The molecule has 4 rings (SSSR count). The molecule has 2 aliphatic carbocycles. The average molecular weight is 286 g/mol. The molecule has 0 spiro atoms. The van der Waals surface area contributed by atoms with Gasteiger partial charge in [-0.2, -0.15) is 0 Å². The monoisotopic (exact) mass is 286 g/mol. The molecule has 2 aliphatic rings. The molecule has 110 valence electrons. The Labute approximate surface area is 122 Å². The molecule has 5 heteroatoms. The van der Waals surface area contributed by atoms with Crippen molar-refractivity contribution in [1.29, 1.82) is 0 Å². The number of nitrogens with zero attached hydrogens (tertiary/aromatic N) is 1. The highest BCUT2D eigenvalue weighted by Gasteiger charge is 2.54. The molecule has 0 atom stereocenters. The highest BCUT2D eigenvalue weighted by molar-refractivity contribution is 5.91. The van der Waals surface area contributed by atoms with E-state index in [0.29, 0.717) is 17.6 Å². The topological polar surface area (TPSA) is 68.3 Å². The summed E-state index contributed by atoms with van der Waals surface area (Å²) in [5.41, 5.74) is 0.251. The Balaban J connectivity index is 1.53. The van der Waals surface area contributed by atoms with E-state index in [2.05, 4.69) is 10.5 Å². The second-order valence-corrected chi connectivity index (χ2v) is 6.09. The fourth-order valence-electron chi connectivity index (χ4n) is 3.15. The summed E-state index contributed by atoms with van der Waals surface area (Å²) < 4.78 is 10.6. The van der Waals surface area contributed by atoms with Crippen LogP contribution in [0.4, 0.5) is 0 Å². The molecule has 0 bridgehead atoms. The Morgan fingerprint density at radius 3 is 2.76 bits per heavy atom. The zero-order valence-corrected chi connectivity index (χ0v) is 11.8. The van der Waals surface area contributed by atoms with E-state index in [4.69, 9.17) is 8.94 Å². The number of nitrogens with one attached hydrogen (secondary N) is 1. The van der Waals surface area contributed by atoms with Crippen molar-refractivity contribution >= 4 is 5.91 Å². The molecule has 2 aromatic heterocycles. The molecule has 1 amide bonds. The fraction of sp³-hybridized carbons (Fsp3) is 0.500. The first kappa shape index (κ1) is 12.7. The zero-order chi connectivity index (χ0) is 14.3. The fourth-order valence-corrected chi connectivity index (χ4v) is 3.15. The molecule has 0 unspecified atom stereocenters. The third-order valence-corrected chi connectivity index (χ3v) is 4.64. The van der Waals surface area contributed by atoms with Crippen LogP contribution < -0.4 is 5.32 Å². The highest BCUT2D eigenvalue weighted by Crippen LogP contribution is 2.48. The Morgan fingerprint density at radius 2 is 2.10 bits per heavy atom. The molecule has 0 aromatic carbocycles. The van der Waals surface area contributed by atoms with Crippen molar-refractivity contribution in [1.82, 2.24) is 10.5 Å². The van der Waals surface area contributed by atoms with Gasteiger partial charge in [-0.15, -0.1) is 0 Å². The van der Waals surface area contributed by atoms with Crippen molar-refractivity contribution in [3.63, 3.8) is 0 Å². The summed E-state index contributed by atoms with van der Waals surface area (Å²) in [7, 11) is 0. The molecule has 2 fully saturated rings. The number of hydrogen-bond donors (Lipinski definition) is 1. The summed E-state index contributed by atoms with van der Waals surface area (Å²) in [5.74, 6) is 1.32. The first-order valence-electron chi connectivity index (χ1n) is 7.60. The van der Waals surface area contributed by atoms with Gasteiger partial charge < -0.3 is 14.3 Å². The molecule has 2 heterocycles. The molecule has 0 saturated heterocycles. The predicted octanol–water partition coefficient (Wildman–Crippen LogP) is 3.03. The molecule has 21 heavy (non-hydrogen) atoms. The van der Waals surface area contributed by atoms with Crippen LogP contribution in [0, 0.1) is 0 Å². The first-order chi connectivity index (χ1) is 10.3. The lowest BCUT2D eigenvalue weighted by atomic mass is 10.00. The van der Waals surface area contributed by atoms with Crippen LogP contribution >= 0.6 is 0 Å². The lowest BCUT2D eigenvalue weighted by molar-refractivity contribution is -0.124. The maximum absolute atomic E-state index is 12.6. The lowest BCUT2D eigenvalue weighted by Crippen LogP contribution is -2.40. The van der Waals surface area contributed by atoms with Crippen molar-refractivity contribution in [3.8, 4) is 11.5 Å². The molecule has 2 saturated carbocycles. The quantitative estimate of drug-likeness (QED) is 0.938. The van der Waals surface area contributed by atoms with Gasteiger partial charge >= 0.3 is 0 Å². The highest BCUT2D eigenvalue weighted by atomic mass is 16.5. The smallest absolute Gasteiger partial charge is 0.232 e. The standard InChI is InChI=1S/C16H18N2O3/c19-15(17-11-4-1-2-5-11)16(7-8-16)14-10-13(21-18-14)12-6-3-9-20-12/h3,6,9-11H,1-2,4-5,7-8H2,(H,17,19). The normalized spacial score (nSPS) is 20.6. The molecular weight excluding hydrogens is 268 g/mol. The van der Waals surface area contributed by atoms with E-state index >= 15 is 0 Å². The van der Waals surface area contributed by atoms with Gasteiger partial charge in [0.15, 0.2) is 5.76 Å². The van der Waals surface area contributed by atoms with Crippen LogP contribution in [0.5, 0.6) is 0 Å². The number of furan rings is 1. The Morgan fingerprint density at radius 1 is 1.29 bits per heavy atom. The van der Waals surface area contributed by atoms with Crippen LogP contribution in [0.1, 0.15) is 44.2 Å². The number of carbonyl (C=O) groups excluding carboxylic acids is 1. The summed E-state index contributed by atoms with van der Waals surface area (Å²) in [5, 5.41) is 7.29. The van der Waals surface area contributed by atoms with Crippen molar-refractivity contribution in [2.75, 3.05) is 0 Å². The SMILES string of the molecule is O=C(NC1CCCC1)C1(c2cc(-c3ccco3)on2)CC1. The van der Waals surface area contributed by atoms with Crippen LogP contribution in [-0.2, 0) is 10.2 Å². The summed E-state index contributed by atoms with van der Waals surface area (Å²) in [4.78, 5) is 12.6. The van der Waals surface area contributed by atoms with Crippen LogP contribution in [0.15, 0.2) is 33.4 Å². The van der Waals surface area contributed by atoms with E-state index in [1.807, 2.05) is 12.1 Å². The van der Waals surface area contributed by atoms with Crippen LogP contribution in [0.3, 0.4) is 0 Å². The van der Waals surface area contributed by atoms with E-state index in [9.17, 15) is 4.79 Å². The first-order valence-corrected chi connectivity index (χ1v) is 7.60. The Kier molecular flexibility index (Phi) is 2.87. The van der Waals surface area contributed by atoms with Crippen LogP contribution in [-0.4, -0.2) is 17.1 Å². The Hall–Kier alpha value is -2.04. The van der Waals surface area contributed by atoms with Gasteiger partial charge in [-0.05, 0) is 37.8 Å². The minimum atomic E-state index is -0.475. The summed E-state index contributed by atoms with van der Waals surface area (Å²) >= 11 is 0. The minimum Gasteiger partial charge on any atom is -0.461 e. The summed E-state index contributed by atoms with van der Waals surface area (Å²) in [6.45, 7) is 0. The van der Waals surface area contributed by atoms with Crippen molar-refractivity contribution in [3.05, 3.63) is 30.2 Å². The molecule has 0 aliphatic heterocycles. The van der Waals surface area contributed by atoms with Gasteiger partial charge in [-0.3, -0.25) is 4.79 Å². The molecule has 2 aromatic rings. The Bertz CT molecular complexity index is 634. The second kappa shape index (κ2) is 4.76. The van der Waals surface area contributed by atoms with E-state index in [1.54, 1.807) is 12.3 Å². The largest absolute Gasteiger partial charge is 0.461 e. The number of aromatic nitrogens is 1. The van der Waals surface area contributed by atoms with Gasteiger partial charge in [-0.1, -0.05) is 18.0 Å². The number of hydrogen-bond acceptors (Lipinski definition) is 4. The average Bonchev–Trinajstić information content (AvgIpc) is 2.99. The lowest BCUT2D eigenvalue weighted by Gasteiger charge is -2.17.